The molecule has 2 rings (SSSR count). The number of hydrogen-bond donors (Lipinski definition) is 2. The highest BCUT2D eigenvalue weighted by molar-refractivity contribution is 5.27. The van der Waals surface area contributed by atoms with Crippen molar-refractivity contribution in [2.75, 3.05) is 6.54 Å². The van der Waals surface area contributed by atoms with Crippen molar-refractivity contribution >= 4 is 0 Å². The lowest BCUT2D eigenvalue weighted by Gasteiger charge is -2.22. The first kappa shape index (κ1) is 10.5. The summed E-state index contributed by atoms with van der Waals surface area (Å²) in [6, 6.07) is 8.16. The van der Waals surface area contributed by atoms with E-state index in [1.165, 1.54) is 0 Å². The van der Waals surface area contributed by atoms with E-state index in [9.17, 15) is 5.11 Å². The van der Waals surface area contributed by atoms with Crippen molar-refractivity contribution in [3.63, 3.8) is 0 Å². The first-order chi connectivity index (χ1) is 7.16. The maximum Gasteiger partial charge on any atom is 0.115 e. The monoisotopic (exact) mass is 206 g/mol. The van der Waals surface area contributed by atoms with Crippen molar-refractivity contribution in [1.29, 1.82) is 0 Å². The topological polar surface area (TPSA) is 49.5 Å². The first-order valence-corrected chi connectivity index (χ1v) is 5.44. The summed E-state index contributed by atoms with van der Waals surface area (Å²) < 4.78 is 0. The standard InChI is InChI=1S/C12H18N2O/c1-9-12(13)5-6-14(9)8-10-3-2-4-11(15)7-10/h2-4,7,9,12,15H,5-6,8,13H2,1H3. The van der Waals surface area contributed by atoms with Gasteiger partial charge in [-0.2, -0.15) is 0 Å². The molecule has 0 aromatic heterocycles. The third-order valence-corrected chi connectivity index (χ3v) is 3.24. The Morgan fingerprint density at radius 3 is 2.93 bits per heavy atom. The van der Waals surface area contributed by atoms with Crippen molar-refractivity contribution in [1.82, 2.24) is 4.90 Å². The molecule has 0 saturated carbocycles. The average molecular weight is 206 g/mol. The maximum atomic E-state index is 9.36. The Hall–Kier alpha value is -1.06. The Morgan fingerprint density at radius 2 is 2.33 bits per heavy atom. The van der Waals surface area contributed by atoms with Crippen LogP contribution in [0.4, 0.5) is 0 Å². The molecule has 3 nitrogen and oxygen atoms in total. The van der Waals surface area contributed by atoms with E-state index in [0.29, 0.717) is 17.8 Å². The van der Waals surface area contributed by atoms with Crippen LogP contribution in [-0.4, -0.2) is 28.6 Å². The van der Waals surface area contributed by atoms with Crippen molar-refractivity contribution < 1.29 is 5.11 Å². The van der Waals surface area contributed by atoms with E-state index in [1.807, 2.05) is 18.2 Å². The fourth-order valence-corrected chi connectivity index (χ4v) is 2.14. The van der Waals surface area contributed by atoms with Gasteiger partial charge in [-0.3, -0.25) is 4.90 Å². The van der Waals surface area contributed by atoms with Gasteiger partial charge in [0, 0.05) is 25.2 Å². The van der Waals surface area contributed by atoms with Gasteiger partial charge in [0.2, 0.25) is 0 Å². The zero-order valence-electron chi connectivity index (χ0n) is 9.06. The summed E-state index contributed by atoms with van der Waals surface area (Å²) in [6.07, 6.45) is 1.07. The summed E-state index contributed by atoms with van der Waals surface area (Å²) in [5.74, 6) is 0.337. The molecule has 2 unspecified atom stereocenters. The first-order valence-electron chi connectivity index (χ1n) is 5.44. The van der Waals surface area contributed by atoms with Gasteiger partial charge >= 0.3 is 0 Å². The fraction of sp³-hybridized carbons (Fsp3) is 0.500. The predicted octanol–water partition coefficient (Wildman–Crippen LogP) is 1.31. The molecule has 1 heterocycles. The van der Waals surface area contributed by atoms with E-state index in [4.69, 9.17) is 5.73 Å². The lowest BCUT2D eigenvalue weighted by molar-refractivity contribution is 0.251. The van der Waals surface area contributed by atoms with Crippen molar-refractivity contribution in [3.05, 3.63) is 29.8 Å². The normalized spacial score (nSPS) is 27.1. The van der Waals surface area contributed by atoms with Crippen LogP contribution in [0.3, 0.4) is 0 Å². The van der Waals surface area contributed by atoms with E-state index in [0.717, 1.165) is 25.1 Å². The molecule has 82 valence electrons. The van der Waals surface area contributed by atoms with Crippen molar-refractivity contribution in [2.24, 2.45) is 5.73 Å². The average Bonchev–Trinajstić information content (AvgIpc) is 2.50. The van der Waals surface area contributed by atoms with Crippen LogP contribution in [0.2, 0.25) is 0 Å². The van der Waals surface area contributed by atoms with Crippen LogP contribution in [0.15, 0.2) is 24.3 Å². The quantitative estimate of drug-likeness (QED) is 0.767. The minimum atomic E-state index is 0.294. The summed E-state index contributed by atoms with van der Waals surface area (Å²) in [4.78, 5) is 2.36. The molecule has 1 aromatic rings. The number of benzene rings is 1. The smallest absolute Gasteiger partial charge is 0.115 e. The number of phenols is 1. The van der Waals surface area contributed by atoms with Gasteiger partial charge in [0.1, 0.15) is 5.75 Å². The van der Waals surface area contributed by atoms with Crippen LogP contribution >= 0.6 is 0 Å². The SMILES string of the molecule is CC1C(N)CCN1Cc1cccc(O)c1. The Bertz CT molecular complexity index is 340. The molecular weight excluding hydrogens is 188 g/mol. The predicted molar refractivity (Wildman–Crippen MR) is 60.6 cm³/mol. The molecule has 1 fully saturated rings. The van der Waals surface area contributed by atoms with E-state index in [1.54, 1.807) is 6.07 Å². The lowest BCUT2D eigenvalue weighted by Crippen LogP contribution is -2.36. The van der Waals surface area contributed by atoms with Crippen LogP contribution in [-0.2, 0) is 6.54 Å². The summed E-state index contributed by atoms with van der Waals surface area (Å²) >= 11 is 0. The van der Waals surface area contributed by atoms with Gasteiger partial charge in [-0.15, -0.1) is 0 Å². The van der Waals surface area contributed by atoms with Gasteiger partial charge in [0.25, 0.3) is 0 Å². The number of nitrogens with two attached hydrogens (primary N) is 1. The zero-order chi connectivity index (χ0) is 10.8. The molecule has 0 bridgehead atoms. The molecule has 0 aliphatic carbocycles. The van der Waals surface area contributed by atoms with Crippen LogP contribution < -0.4 is 5.73 Å². The zero-order valence-corrected chi connectivity index (χ0v) is 9.06. The highest BCUT2D eigenvalue weighted by Crippen LogP contribution is 2.20. The van der Waals surface area contributed by atoms with Gasteiger partial charge < -0.3 is 10.8 Å². The summed E-state index contributed by atoms with van der Waals surface area (Å²) in [5.41, 5.74) is 7.11. The van der Waals surface area contributed by atoms with Gasteiger partial charge in [0.15, 0.2) is 0 Å². The number of rotatable bonds is 2. The molecule has 2 atom stereocenters. The van der Waals surface area contributed by atoms with E-state index in [2.05, 4.69) is 11.8 Å². The number of likely N-dealkylation sites (tertiary alicyclic amines) is 1. The maximum absolute atomic E-state index is 9.36. The van der Waals surface area contributed by atoms with E-state index in [-0.39, 0.29) is 0 Å². The number of aromatic hydroxyl groups is 1. The molecule has 1 aliphatic rings. The second-order valence-corrected chi connectivity index (χ2v) is 4.33. The lowest BCUT2D eigenvalue weighted by atomic mass is 10.1. The molecule has 3 heteroatoms. The number of hydrogen-bond acceptors (Lipinski definition) is 3. The van der Waals surface area contributed by atoms with Crippen LogP contribution in [0.5, 0.6) is 5.75 Å². The summed E-state index contributed by atoms with van der Waals surface area (Å²) in [6.45, 7) is 4.10. The highest BCUT2D eigenvalue weighted by atomic mass is 16.3. The van der Waals surface area contributed by atoms with Crippen molar-refractivity contribution in [2.45, 2.75) is 32.0 Å². The van der Waals surface area contributed by atoms with Crippen LogP contribution in [0, 0.1) is 0 Å². The second-order valence-electron chi connectivity index (χ2n) is 4.33. The number of phenolic OH excluding ortho intramolecular Hbond substituents is 1. The summed E-state index contributed by atoms with van der Waals surface area (Å²) in [7, 11) is 0. The molecule has 1 saturated heterocycles. The largest absolute Gasteiger partial charge is 0.508 e. The van der Waals surface area contributed by atoms with Gasteiger partial charge in [-0.05, 0) is 31.0 Å². The molecular formula is C12H18N2O. The third-order valence-electron chi connectivity index (χ3n) is 3.24. The van der Waals surface area contributed by atoms with Crippen LogP contribution in [0.25, 0.3) is 0 Å². The molecule has 0 radical (unpaired) electrons. The van der Waals surface area contributed by atoms with E-state index >= 15 is 0 Å². The molecule has 1 aliphatic heterocycles. The molecule has 3 N–H and O–H groups in total. The van der Waals surface area contributed by atoms with Gasteiger partial charge in [-0.25, -0.2) is 0 Å². The second kappa shape index (κ2) is 4.21. The van der Waals surface area contributed by atoms with Crippen molar-refractivity contribution in [3.8, 4) is 5.75 Å². The Balaban J connectivity index is 2.03. The third kappa shape index (κ3) is 2.30. The Labute approximate surface area is 90.5 Å². The molecule has 0 spiro atoms. The highest BCUT2D eigenvalue weighted by Gasteiger charge is 2.27. The number of nitrogens with zero attached hydrogens (tertiary/aromatic N) is 1. The Morgan fingerprint density at radius 1 is 1.53 bits per heavy atom. The molecule has 15 heavy (non-hydrogen) atoms. The molecule has 1 aromatic carbocycles. The minimum Gasteiger partial charge on any atom is -0.508 e. The van der Waals surface area contributed by atoms with Crippen LogP contribution in [0.1, 0.15) is 18.9 Å². The Kier molecular flexibility index (Phi) is 2.93. The summed E-state index contributed by atoms with van der Waals surface area (Å²) in [5, 5.41) is 9.36. The van der Waals surface area contributed by atoms with Gasteiger partial charge in [-0.1, -0.05) is 12.1 Å². The molecule has 0 amide bonds. The van der Waals surface area contributed by atoms with E-state index < -0.39 is 0 Å². The minimum absolute atomic E-state index is 0.294. The van der Waals surface area contributed by atoms with Gasteiger partial charge in [0.05, 0.1) is 0 Å². The fourth-order valence-electron chi connectivity index (χ4n) is 2.14.